The average molecular weight is 993 g/mol. The van der Waals surface area contributed by atoms with Crippen LogP contribution < -0.4 is 5.32 Å². The van der Waals surface area contributed by atoms with Crippen molar-refractivity contribution < 1.29 is 32.9 Å². The molecule has 69 heavy (non-hydrogen) atoms. The van der Waals surface area contributed by atoms with Gasteiger partial charge < -0.3 is 19.8 Å². The molecular weight excluding hydrogens is 876 g/mol. The maximum atomic E-state index is 13.0. The first-order valence-corrected chi connectivity index (χ1v) is 31.0. The second kappa shape index (κ2) is 51.4. The highest BCUT2D eigenvalue weighted by Crippen LogP contribution is 2.43. The van der Waals surface area contributed by atoms with Gasteiger partial charge in [-0.25, -0.2) is 4.57 Å². The summed E-state index contributed by atoms with van der Waals surface area (Å²) >= 11 is 0. The topological polar surface area (TPSA) is 105 Å². The first-order chi connectivity index (χ1) is 33.5. The van der Waals surface area contributed by atoms with Gasteiger partial charge in [-0.3, -0.25) is 13.8 Å². The molecule has 406 valence electrons. The number of hydrogen-bond acceptors (Lipinski definition) is 5. The fourth-order valence-electron chi connectivity index (χ4n) is 8.64. The number of carbonyl (C=O) groups excluding carboxylic acids is 1. The molecule has 0 saturated heterocycles. The van der Waals surface area contributed by atoms with E-state index in [1.165, 1.54) is 205 Å². The number of aliphatic hydroxyl groups excluding tert-OH is 1. The lowest BCUT2D eigenvalue weighted by Gasteiger charge is -2.25. The van der Waals surface area contributed by atoms with Gasteiger partial charge in [0.1, 0.15) is 13.2 Å². The van der Waals surface area contributed by atoms with E-state index in [1.54, 1.807) is 6.08 Å². The Kier molecular flexibility index (Phi) is 50.2. The van der Waals surface area contributed by atoms with Crippen molar-refractivity contribution in [3.63, 3.8) is 0 Å². The number of amides is 1. The summed E-state index contributed by atoms with van der Waals surface area (Å²) in [6.07, 6.45) is 67.8. The van der Waals surface area contributed by atoms with Crippen LogP contribution in [0.15, 0.2) is 48.6 Å². The molecule has 0 aliphatic heterocycles. The Bertz CT molecular complexity index is 1260. The molecule has 3 atom stereocenters. The number of quaternary nitrogens is 1. The number of aliphatic hydroxyl groups is 1. The second-order valence-electron chi connectivity index (χ2n) is 21.4. The molecule has 0 aromatic carbocycles. The van der Waals surface area contributed by atoms with Gasteiger partial charge in [-0.05, 0) is 57.8 Å². The minimum Gasteiger partial charge on any atom is -0.387 e. The number of hydrogen-bond donors (Lipinski definition) is 3. The number of allylic oxidation sites excluding steroid dienone is 7. The van der Waals surface area contributed by atoms with E-state index in [4.69, 9.17) is 9.05 Å². The van der Waals surface area contributed by atoms with Crippen LogP contribution in [0.5, 0.6) is 0 Å². The van der Waals surface area contributed by atoms with Crippen molar-refractivity contribution in [3.05, 3.63) is 48.6 Å². The SMILES string of the molecule is CCCCCCC/C=C\C/C=C\C/C=C\CCCCCCCCCCCCC(=O)NC(COP(=O)(O)OCC[N+](C)(C)C)C(O)/C=C/CCCCCCCCCCCCCCCCCCCCCC. The Morgan fingerprint density at radius 2 is 0.826 bits per heavy atom. The fraction of sp³-hybridized carbons (Fsp3) is 0.850. The third kappa shape index (κ3) is 54.1. The summed E-state index contributed by atoms with van der Waals surface area (Å²) in [5, 5.41) is 14.0. The Hall–Kier alpha value is -1.54. The molecule has 0 rings (SSSR count). The van der Waals surface area contributed by atoms with Crippen LogP contribution >= 0.6 is 7.82 Å². The fourth-order valence-corrected chi connectivity index (χ4v) is 9.37. The zero-order chi connectivity index (χ0) is 50.6. The largest absolute Gasteiger partial charge is 0.472 e. The minimum absolute atomic E-state index is 0.0601. The second-order valence-corrected chi connectivity index (χ2v) is 22.8. The summed E-state index contributed by atoms with van der Waals surface area (Å²) in [6.45, 7) is 4.83. The highest BCUT2D eigenvalue weighted by Gasteiger charge is 2.27. The zero-order valence-corrected chi connectivity index (χ0v) is 47.2. The standard InChI is InChI=1S/C60H115N2O6P/c1-6-8-10-12-14-16-18-20-22-24-26-28-30-31-32-34-36-38-40-42-44-46-48-50-52-54-60(64)61-58(57-68-69(65,66)67-56-55-62(3,4)5)59(63)53-51-49-47-45-43-41-39-37-35-33-29-27-25-23-21-19-17-15-13-11-9-7-2/h18,20,24,26,30-31,51,53,58-59,63H,6-17,19,21-23,25,27-29,32-50,52,54-57H2,1-5H3,(H-,61,64,65,66)/p+1/b20-18-,26-24-,31-30-,53-51+. The molecule has 3 N–H and O–H groups in total. The maximum absolute atomic E-state index is 13.0. The Morgan fingerprint density at radius 3 is 1.20 bits per heavy atom. The van der Waals surface area contributed by atoms with Crippen LogP contribution in [0.4, 0.5) is 0 Å². The molecule has 0 aromatic heterocycles. The predicted molar refractivity (Wildman–Crippen MR) is 300 cm³/mol. The molecule has 0 radical (unpaired) electrons. The Morgan fingerprint density at radius 1 is 0.493 bits per heavy atom. The quantitative estimate of drug-likeness (QED) is 0.0243. The molecule has 0 aliphatic rings. The molecule has 0 bridgehead atoms. The van der Waals surface area contributed by atoms with Crippen molar-refractivity contribution in [1.82, 2.24) is 5.32 Å². The summed E-state index contributed by atoms with van der Waals surface area (Å²) in [5.74, 6) is -0.179. The van der Waals surface area contributed by atoms with E-state index in [-0.39, 0.29) is 19.1 Å². The number of nitrogens with one attached hydrogen (secondary N) is 1. The smallest absolute Gasteiger partial charge is 0.387 e. The van der Waals surface area contributed by atoms with Crippen LogP contribution in [0, 0.1) is 0 Å². The van der Waals surface area contributed by atoms with Crippen molar-refractivity contribution in [2.24, 2.45) is 0 Å². The van der Waals surface area contributed by atoms with Gasteiger partial charge in [0, 0.05) is 6.42 Å². The number of nitrogens with zero attached hydrogens (tertiary/aromatic N) is 1. The van der Waals surface area contributed by atoms with Crippen LogP contribution in [-0.4, -0.2) is 73.4 Å². The molecule has 0 fully saturated rings. The molecular formula is C60H116N2O6P+. The number of likely N-dealkylation sites (N-methyl/N-ethyl adjacent to an activating group) is 1. The third-order valence-electron chi connectivity index (χ3n) is 13.3. The summed E-state index contributed by atoms with van der Waals surface area (Å²) < 4.78 is 23.7. The zero-order valence-electron chi connectivity index (χ0n) is 46.3. The molecule has 3 unspecified atom stereocenters. The van der Waals surface area contributed by atoms with Crippen molar-refractivity contribution >= 4 is 13.7 Å². The normalized spacial score (nSPS) is 14.2. The number of rotatable bonds is 54. The van der Waals surface area contributed by atoms with Crippen molar-refractivity contribution in [3.8, 4) is 0 Å². The van der Waals surface area contributed by atoms with E-state index in [9.17, 15) is 19.4 Å². The van der Waals surface area contributed by atoms with Crippen LogP contribution in [0.25, 0.3) is 0 Å². The molecule has 1 amide bonds. The number of phosphoric ester groups is 1. The van der Waals surface area contributed by atoms with Crippen LogP contribution in [0.2, 0.25) is 0 Å². The van der Waals surface area contributed by atoms with E-state index in [2.05, 4.69) is 55.6 Å². The number of carbonyl (C=O) groups is 1. The molecule has 0 saturated carbocycles. The summed E-state index contributed by atoms with van der Waals surface area (Å²) in [6, 6.07) is -0.851. The van der Waals surface area contributed by atoms with E-state index in [0.29, 0.717) is 17.4 Å². The molecule has 0 aromatic rings. The van der Waals surface area contributed by atoms with Crippen molar-refractivity contribution in [2.75, 3.05) is 40.9 Å². The lowest BCUT2D eigenvalue weighted by molar-refractivity contribution is -0.870. The van der Waals surface area contributed by atoms with E-state index in [0.717, 1.165) is 51.4 Å². The maximum Gasteiger partial charge on any atom is 0.472 e. The van der Waals surface area contributed by atoms with Gasteiger partial charge in [-0.15, -0.1) is 0 Å². The highest BCUT2D eigenvalue weighted by molar-refractivity contribution is 7.47. The summed E-state index contributed by atoms with van der Waals surface area (Å²) in [4.78, 5) is 23.3. The number of phosphoric acid groups is 1. The monoisotopic (exact) mass is 992 g/mol. The average Bonchev–Trinajstić information content (AvgIpc) is 3.31. The molecule has 0 aliphatic carbocycles. The van der Waals surface area contributed by atoms with Gasteiger partial charge in [-0.1, -0.05) is 262 Å². The highest BCUT2D eigenvalue weighted by atomic mass is 31.2. The Labute approximate surface area is 429 Å². The summed E-state index contributed by atoms with van der Waals surface area (Å²) in [7, 11) is 1.57. The van der Waals surface area contributed by atoms with Gasteiger partial charge in [-0.2, -0.15) is 0 Å². The van der Waals surface area contributed by atoms with Crippen molar-refractivity contribution in [2.45, 2.75) is 289 Å². The summed E-state index contributed by atoms with van der Waals surface area (Å²) in [5.41, 5.74) is 0. The van der Waals surface area contributed by atoms with Crippen LogP contribution in [-0.2, 0) is 18.4 Å². The molecule has 8 nitrogen and oxygen atoms in total. The Balaban J connectivity index is 4.22. The lowest BCUT2D eigenvalue weighted by Crippen LogP contribution is -2.45. The van der Waals surface area contributed by atoms with E-state index >= 15 is 0 Å². The van der Waals surface area contributed by atoms with Crippen LogP contribution in [0.3, 0.4) is 0 Å². The van der Waals surface area contributed by atoms with E-state index in [1.807, 2.05) is 27.2 Å². The van der Waals surface area contributed by atoms with Gasteiger partial charge in [0.05, 0.1) is 39.9 Å². The molecule has 9 heteroatoms. The van der Waals surface area contributed by atoms with Gasteiger partial charge in [0.15, 0.2) is 0 Å². The first kappa shape index (κ1) is 67.5. The van der Waals surface area contributed by atoms with Gasteiger partial charge in [0.25, 0.3) is 0 Å². The lowest BCUT2D eigenvalue weighted by atomic mass is 10.0. The van der Waals surface area contributed by atoms with Gasteiger partial charge in [0.2, 0.25) is 5.91 Å². The minimum atomic E-state index is -4.35. The molecule has 0 spiro atoms. The van der Waals surface area contributed by atoms with E-state index < -0.39 is 20.0 Å². The first-order valence-electron chi connectivity index (χ1n) is 29.5. The predicted octanol–water partition coefficient (Wildman–Crippen LogP) is 17.9. The van der Waals surface area contributed by atoms with Crippen LogP contribution in [0.1, 0.15) is 277 Å². The van der Waals surface area contributed by atoms with Crippen molar-refractivity contribution in [1.29, 1.82) is 0 Å². The van der Waals surface area contributed by atoms with Gasteiger partial charge >= 0.3 is 7.82 Å². The number of unbranched alkanes of at least 4 members (excludes halogenated alkanes) is 35. The third-order valence-corrected chi connectivity index (χ3v) is 14.3. The molecule has 0 heterocycles.